The average molecular weight is 317 g/mol. The first-order valence-electron chi connectivity index (χ1n) is 8.07. The molecule has 0 aliphatic carbocycles. The maximum absolute atomic E-state index is 12.3. The second kappa shape index (κ2) is 6.06. The van der Waals surface area contributed by atoms with Crippen LogP contribution in [0, 0.1) is 0 Å². The summed E-state index contributed by atoms with van der Waals surface area (Å²) in [5.41, 5.74) is 1.28. The molecule has 1 saturated heterocycles. The monoisotopic (exact) mass is 317 g/mol. The summed E-state index contributed by atoms with van der Waals surface area (Å²) in [6.45, 7) is 6.50. The van der Waals surface area contributed by atoms with E-state index in [-0.39, 0.29) is 5.56 Å². The molecular weight excluding hydrogens is 294 g/mol. The van der Waals surface area contributed by atoms with Crippen LogP contribution in [-0.4, -0.2) is 32.2 Å². The lowest BCUT2D eigenvalue weighted by molar-refractivity contribution is 0.560. The maximum Gasteiger partial charge on any atom is 0.329 e. The standard InChI is InChI=1S/C16H23N5O2/c1-11(2)7-10-21-12-13(19(3)16(23)18-14(12)22)17-15(21)20-8-5-4-6-9-20/h7H,4-6,8-10H2,1-3H3,(H,18,22,23). The van der Waals surface area contributed by atoms with Crippen molar-refractivity contribution in [2.24, 2.45) is 7.05 Å². The zero-order chi connectivity index (χ0) is 16.6. The van der Waals surface area contributed by atoms with Crippen molar-refractivity contribution < 1.29 is 0 Å². The Bertz CT molecular complexity index is 861. The molecule has 0 spiro atoms. The number of fused-ring (bicyclic) bond motifs is 1. The van der Waals surface area contributed by atoms with Crippen LogP contribution in [0.4, 0.5) is 5.95 Å². The fourth-order valence-corrected chi connectivity index (χ4v) is 3.01. The fourth-order valence-electron chi connectivity index (χ4n) is 3.01. The van der Waals surface area contributed by atoms with Crippen molar-refractivity contribution in [3.63, 3.8) is 0 Å². The number of aryl methyl sites for hydroxylation is 1. The molecule has 0 amide bonds. The van der Waals surface area contributed by atoms with Crippen LogP contribution in [0.25, 0.3) is 11.2 Å². The van der Waals surface area contributed by atoms with Gasteiger partial charge in [-0.3, -0.25) is 14.3 Å². The number of nitrogens with zero attached hydrogens (tertiary/aromatic N) is 4. The molecule has 0 unspecified atom stereocenters. The number of hydrogen-bond donors (Lipinski definition) is 1. The highest BCUT2D eigenvalue weighted by Gasteiger charge is 2.22. The number of aromatic nitrogens is 4. The van der Waals surface area contributed by atoms with Gasteiger partial charge in [0.1, 0.15) is 0 Å². The SMILES string of the molecule is CC(C)=CCn1c(N2CCCCC2)nc2c1c(=O)[nH]c(=O)n2C. The third-order valence-corrected chi connectivity index (χ3v) is 4.31. The van der Waals surface area contributed by atoms with E-state index in [0.717, 1.165) is 31.9 Å². The molecule has 7 nitrogen and oxygen atoms in total. The van der Waals surface area contributed by atoms with Gasteiger partial charge >= 0.3 is 5.69 Å². The lowest BCUT2D eigenvalue weighted by atomic mass is 10.1. The van der Waals surface area contributed by atoms with Gasteiger partial charge < -0.3 is 9.47 Å². The molecule has 2 aromatic heterocycles. The molecule has 0 saturated carbocycles. The van der Waals surface area contributed by atoms with E-state index in [2.05, 4.69) is 20.9 Å². The molecule has 0 atom stereocenters. The van der Waals surface area contributed by atoms with E-state index < -0.39 is 5.69 Å². The highest BCUT2D eigenvalue weighted by atomic mass is 16.2. The average Bonchev–Trinajstić information content (AvgIpc) is 2.91. The third kappa shape index (κ3) is 2.83. The van der Waals surface area contributed by atoms with Crippen molar-refractivity contribution in [1.29, 1.82) is 0 Å². The van der Waals surface area contributed by atoms with Crippen molar-refractivity contribution in [2.45, 2.75) is 39.7 Å². The van der Waals surface area contributed by atoms with Gasteiger partial charge in [-0.1, -0.05) is 11.6 Å². The summed E-state index contributed by atoms with van der Waals surface area (Å²) in [5.74, 6) is 0.781. The van der Waals surface area contributed by atoms with Gasteiger partial charge in [-0.05, 0) is 33.1 Å². The van der Waals surface area contributed by atoms with E-state index in [4.69, 9.17) is 0 Å². The summed E-state index contributed by atoms with van der Waals surface area (Å²) < 4.78 is 3.33. The minimum absolute atomic E-state index is 0.374. The normalized spacial score (nSPS) is 15.2. The molecule has 124 valence electrons. The quantitative estimate of drug-likeness (QED) is 0.868. The zero-order valence-corrected chi connectivity index (χ0v) is 13.9. The molecule has 1 N–H and O–H groups in total. The van der Waals surface area contributed by atoms with E-state index in [9.17, 15) is 9.59 Å². The van der Waals surface area contributed by atoms with E-state index >= 15 is 0 Å². The van der Waals surface area contributed by atoms with Gasteiger partial charge in [0.05, 0.1) is 0 Å². The number of aromatic amines is 1. The van der Waals surface area contributed by atoms with Crippen LogP contribution >= 0.6 is 0 Å². The Balaban J connectivity index is 2.24. The first kappa shape index (κ1) is 15.6. The van der Waals surface area contributed by atoms with Gasteiger partial charge in [-0.15, -0.1) is 0 Å². The van der Waals surface area contributed by atoms with Gasteiger partial charge in [0.2, 0.25) is 5.95 Å². The lowest BCUT2D eigenvalue weighted by Crippen LogP contribution is -2.32. The van der Waals surface area contributed by atoms with Crippen LogP contribution in [0.15, 0.2) is 21.2 Å². The van der Waals surface area contributed by atoms with Gasteiger partial charge in [0.15, 0.2) is 11.2 Å². The maximum atomic E-state index is 12.3. The third-order valence-electron chi connectivity index (χ3n) is 4.31. The van der Waals surface area contributed by atoms with E-state index in [0.29, 0.717) is 17.7 Å². The highest BCUT2D eigenvalue weighted by Crippen LogP contribution is 2.23. The van der Waals surface area contributed by atoms with Crippen molar-refractivity contribution >= 4 is 17.1 Å². The van der Waals surface area contributed by atoms with Crippen LogP contribution < -0.4 is 16.1 Å². The number of rotatable bonds is 3. The van der Waals surface area contributed by atoms with E-state index in [1.54, 1.807) is 7.05 Å². The molecule has 7 heteroatoms. The number of piperidine rings is 1. The summed E-state index contributed by atoms with van der Waals surface area (Å²) >= 11 is 0. The van der Waals surface area contributed by atoms with Crippen LogP contribution in [0.1, 0.15) is 33.1 Å². The predicted molar refractivity (Wildman–Crippen MR) is 91.1 cm³/mol. The molecule has 1 fully saturated rings. The summed E-state index contributed by atoms with van der Waals surface area (Å²) in [4.78, 5) is 33.4. The summed E-state index contributed by atoms with van der Waals surface area (Å²) in [6, 6.07) is 0. The van der Waals surface area contributed by atoms with Crippen molar-refractivity contribution in [3.05, 3.63) is 32.5 Å². The Labute approximate surface area is 134 Å². The lowest BCUT2D eigenvalue weighted by Gasteiger charge is -2.28. The minimum atomic E-state index is -0.431. The first-order valence-corrected chi connectivity index (χ1v) is 8.07. The number of imidazole rings is 1. The summed E-state index contributed by atoms with van der Waals surface area (Å²) in [6.07, 6.45) is 5.55. The van der Waals surface area contributed by atoms with Crippen molar-refractivity contribution in [3.8, 4) is 0 Å². The first-order chi connectivity index (χ1) is 11.0. The molecule has 23 heavy (non-hydrogen) atoms. The molecule has 1 aliphatic rings. The van der Waals surface area contributed by atoms with Crippen LogP contribution in [-0.2, 0) is 13.6 Å². The van der Waals surface area contributed by atoms with Crippen molar-refractivity contribution in [2.75, 3.05) is 18.0 Å². The minimum Gasteiger partial charge on any atom is -0.342 e. The zero-order valence-electron chi connectivity index (χ0n) is 13.9. The second-order valence-electron chi connectivity index (χ2n) is 6.34. The summed E-state index contributed by atoms with van der Waals surface area (Å²) in [5, 5.41) is 0. The molecular formula is C16H23N5O2. The smallest absolute Gasteiger partial charge is 0.329 e. The van der Waals surface area contributed by atoms with Gasteiger partial charge in [0.25, 0.3) is 5.56 Å². The predicted octanol–water partition coefficient (Wildman–Crippen LogP) is 1.38. The molecule has 0 radical (unpaired) electrons. The number of hydrogen-bond acceptors (Lipinski definition) is 4. The molecule has 3 rings (SSSR count). The second-order valence-corrected chi connectivity index (χ2v) is 6.34. The molecule has 3 heterocycles. The Morgan fingerprint density at radius 2 is 1.91 bits per heavy atom. The van der Waals surface area contributed by atoms with Crippen LogP contribution in [0.2, 0.25) is 0 Å². The fraction of sp³-hybridized carbons (Fsp3) is 0.562. The van der Waals surface area contributed by atoms with Crippen LogP contribution in [0.3, 0.4) is 0 Å². The summed E-state index contributed by atoms with van der Waals surface area (Å²) in [7, 11) is 1.64. The van der Waals surface area contributed by atoms with E-state index in [1.807, 2.05) is 18.4 Å². The topological polar surface area (TPSA) is 75.9 Å². The van der Waals surface area contributed by atoms with Gasteiger partial charge in [-0.25, -0.2) is 4.79 Å². The molecule has 2 aromatic rings. The largest absolute Gasteiger partial charge is 0.342 e. The Morgan fingerprint density at radius 1 is 1.22 bits per heavy atom. The highest BCUT2D eigenvalue weighted by molar-refractivity contribution is 5.74. The van der Waals surface area contributed by atoms with Crippen LogP contribution in [0.5, 0.6) is 0 Å². The molecule has 0 bridgehead atoms. The van der Waals surface area contributed by atoms with Gasteiger partial charge in [-0.2, -0.15) is 4.98 Å². The van der Waals surface area contributed by atoms with Crippen molar-refractivity contribution in [1.82, 2.24) is 19.1 Å². The number of anilines is 1. The Hall–Kier alpha value is -2.31. The Kier molecular flexibility index (Phi) is 4.11. The van der Waals surface area contributed by atoms with Gasteiger partial charge in [0, 0.05) is 26.7 Å². The number of H-pyrrole nitrogens is 1. The molecule has 0 aromatic carbocycles. The van der Waals surface area contributed by atoms with E-state index in [1.165, 1.54) is 16.6 Å². The number of nitrogens with one attached hydrogen (secondary N) is 1. The Morgan fingerprint density at radius 3 is 2.57 bits per heavy atom. The number of allylic oxidation sites excluding steroid dienone is 2. The molecule has 1 aliphatic heterocycles.